The summed E-state index contributed by atoms with van der Waals surface area (Å²) in [6.07, 6.45) is 6.98. The van der Waals surface area contributed by atoms with Crippen molar-refractivity contribution in [2.45, 2.75) is 6.42 Å². The molecule has 0 aliphatic heterocycles. The van der Waals surface area contributed by atoms with Gasteiger partial charge in [-0.2, -0.15) is 0 Å². The highest BCUT2D eigenvalue weighted by molar-refractivity contribution is 4.88. The summed E-state index contributed by atoms with van der Waals surface area (Å²) in [5.74, 6) is 0. The zero-order chi connectivity index (χ0) is 10.6. The lowest BCUT2D eigenvalue weighted by atomic mass is 10.3. The van der Waals surface area contributed by atoms with Crippen molar-refractivity contribution in [1.29, 1.82) is 0 Å². The van der Waals surface area contributed by atoms with E-state index in [0.29, 0.717) is 6.54 Å². The standard InChI is InChI=1S/C11H21N3/c1-2-3-9-14(11-6-8-13)10-5-4-7-12/h3-5H,1,6-13H2/b5-4+. The minimum absolute atomic E-state index is 0.599. The maximum absolute atomic E-state index is 5.46. The molecule has 0 aromatic heterocycles. The smallest absolute Gasteiger partial charge is 0.0241 e. The van der Waals surface area contributed by atoms with Crippen LogP contribution in [0.3, 0.4) is 0 Å². The second-order valence-corrected chi connectivity index (χ2v) is 3.02. The molecule has 0 radical (unpaired) electrons. The summed E-state index contributed by atoms with van der Waals surface area (Å²) in [5.41, 5.74) is 13.6. The highest BCUT2D eigenvalue weighted by atomic mass is 15.1. The predicted molar refractivity (Wildman–Crippen MR) is 62.0 cm³/mol. The summed E-state index contributed by atoms with van der Waals surface area (Å²) < 4.78 is 0. The third kappa shape index (κ3) is 7.77. The minimum Gasteiger partial charge on any atom is -0.330 e. The molecule has 0 rings (SSSR count). The van der Waals surface area contributed by atoms with Crippen molar-refractivity contribution in [3.63, 3.8) is 0 Å². The first kappa shape index (κ1) is 13.1. The molecule has 0 saturated heterocycles. The van der Waals surface area contributed by atoms with Gasteiger partial charge in [-0.05, 0) is 19.0 Å². The fourth-order valence-electron chi connectivity index (χ4n) is 1.09. The first-order valence-electron chi connectivity index (χ1n) is 4.97. The van der Waals surface area contributed by atoms with Gasteiger partial charge in [-0.25, -0.2) is 0 Å². The van der Waals surface area contributed by atoms with Crippen LogP contribution in [0, 0.1) is 0 Å². The lowest BCUT2D eigenvalue weighted by Crippen LogP contribution is -2.26. The minimum atomic E-state index is 0.599. The molecular formula is C11H21N3. The van der Waals surface area contributed by atoms with Gasteiger partial charge in [-0.1, -0.05) is 18.7 Å². The Hall–Kier alpha value is -0.860. The maximum Gasteiger partial charge on any atom is 0.0241 e. The van der Waals surface area contributed by atoms with Gasteiger partial charge in [-0.3, -0.25) is 4.90 Å². The van der Waals surface area contributed by atoms with Crippen LogP contribution in [-0.2, 0) is 0 Å². The summed E-state index contributed by atoms with van der Waals surface area (Å²) >= 11 is 0. The van der Waals surface area contributed by atoms with Crippen molar-refractivity contribution in [1.82, 2.24) is 4.90 Å². The molecular weight excluding hydrogens is 174 g/mol. The zero-order valence-corrected chi connectivity index (χ0v) is 8.78. The molecule has 0 aromatic rings. The van der Waals surface area contributed by atoms with E-state index in [1.165, 1.54) is 0 Å². The Labute approximate surface area is 86.8 Å². The zero-order valence-electron chi connectivity index (χ0n) is 8.78. The van der Waals surface area contributed by atoms with E-state index in [1.807, 2.05) is 12.2 Å². The highest BCUT2D eigenvalue weighted by Gasteiger charge is 1.98. The fraction of sp³-hybridized carbons (Fsp3) is 0.545. The second-order valence-electron chi connectivity index (χ2n) is 3.02. The van der Waals surface area contributed by atoms with E-state index < -0.39 is 0 Å². The maximum atomic E-state index is 5.46. The summed E-state index contributed by atoms with van der Waals surface area (Å²) in [5, 5.41) is 0. The lowest BCUT2D eigenvalue weighted by molar-refractivity contribution is 0.332. The van der Waals surface area contributed by atoms with Gasteiger partial charge in [0, 0.05) is 26.2 Å². The Morgan fingerprint density at radius 1 is 1.21 bits per heavy atom. The highest BCUT2D eigenvalue weighted by Crippen LogP contribution is 1.92. The molecule has 14 heavy (non-hydrogen) atoms. The van der Waals surface area contributed by atoms with E-state index in [0.717, 1.165) is 32.6 Å². The Balaban J connectivity index is 3.82. The Kier molecular flexibility index (Phi) is 9.59. The second kappa shape index (κ2) is 10.2. The largest absolute Gasteiger partial charge is 0.330 e. The van der Waals surface area contributed by atoms with Gasteiger partial charge in [0.1, 0.15) is 0 Å². The van der Waals surface area contributed by atoms with Crippen molar-refractivity contribution >= 4 is 0 Å². The van der Waals surface area contributed by atoms with E-state index in [-0.39, 0.29) is 0 Å². The summed E-state index contributed by atoms with van der Waals surface area (Å²) in [6, 6.07) is 0. The molecule has 0 saturated carbocycles. The molecule has 0 aromatic carbocycles. The topological polar surface area (TPSA) is 55.3 Å². The predicted octanol–water partition coefficient (Wildman–Crippen LogP) is 0.493. The number of hydrogen-bond donors (Lipinski definition) is 2. The molecule has 0 heterocycles. The van der Waals surface area contributed by atoms with Gasteiger partial charge >= 0.3 is 0 Å². The number of rotatable bonds is 8. The van der Waals surface area contributed by atoms with Gasteiger partial charge in [0.05, 0.1) is 0 Å². The van der Waals surface area contributed by atoms with Crippen molar-refractivity contribution in [3.05, 3.63) is 30.5 Å². The molecule has 4 N–H and O–H groups in total. The van der Waals surface area contributed by atoms with E-state index in [9.17, 15) is 0 Å². The van der Waals surface area contributed by atoms with Crippen LogP contribution in [0.15, 0.2) is 30.5 Å². The molecule has 0 bridgehead atoms. The van der Waals surface area contributed by atoms with Crippen LogP contribution in [0.25, 0.3) is 0 Å². The van der Waals surface area contributed by atoms with Crippen molar-refractivity contribution in [2.24, 2.45) is 11.5 Å². The Morgan fingerprint density at radius 3 is 2.57 bits per heavy atom. The van der Waals surface area contributed by atoms with E-state index in [1.54, 1.807) is 0 Å². The molecule has 0 amide bonds. The Bertz CT molecular complexity index is 193. The number of nitrogens with two attached hydrogens (primary N) is 2. The Morgan fingerprint density at radius 2 is 2.00 bits per heavy atom. The van der Waals surface area contributed by atoms with Crippen molar-refractivity contribution < 1.29 is 0 Å². The van der Waals surface area contributed by atoms with Crippen LogP contribution in [0.5, 0.6) is 0 Å². The van der Waals surface area contributed by atoms with E-state index >= 15 is 0 Å². The van der Waals surface area contributed by atoms with Crippen LogP contribution < -0.4 is 11.5 Å². The SMILES string of the molecule is C=C=CCN(C/C=C/CN)CCCN. The average Bonchev–Trinajstić information content (AvgIpc) is 2.21. The fourth-order valence-corrected chi connectivity index (χ4v) is 1.09. The molecule has 0 unspecified atom stereocenters. The van der Waals surface area contributed by atoms with Gasteiger partial charge in [-0.15, -0.1) is 5.73 Å². The van der Waals surface area contributed by atoms with Crippen LogP contribution in [0.4, 0.5) is 0 Å². The van der Waals surface area contributed by atoms with Gasteiger partial charge in [0.2, 0.25) is 0 Å². The van der Waals surface area contributed by atoms with Gasteiger partial charge in [0.25, 0.3) is 0 Å². The van der Waals surface area contributed by atoms with Gasteiger partial charge in [0.15, 0.2) is 0 Å². The molecule has 0 spiro atoms. The normalized spacial score (nSPS) is 10.8. The summed E-state index contributed by atoms with van der Waals surface area (Å²) in [4.78, 5) is 2.28. The van der Waals surface area contributed by atoms with Crippen LogP contribution in [-0.4, -0.2) is 37.6 Å². The molecule has 0 aliphatic rings. The average molecular weight is 195 g/mol. The first-order valence-corrected chi connectivity index (χ1v) is 4.97. The third-order valence-corrected chi connectivity index (χ3v) is 1.84. The van der Waals surface area contributed by atoms with Crippen molar-refractivity contribution in [3.8, 4) is 0 Å². The molecule has 0 atom stereocenters. The summed E-state index contributed by atoms with van der Waals surface area (Å²) in [6.45, 7) is 7.66. The number of hydrogen-bond acceptors (Lipinski definition) is 3. The summed E-state index contributed by atoms with van der Waals surface area (Å²) in [7, 11) is 0. The van der Waals surface area contributed by atoms with Crippen LogP contribution in [0.1, 0.15) is 6.42 Å². The molecule has 3 nitrogen and oxygen atoms in total. The quantitative estimate of drug-likeness (QED) is 0.438. The number of nitrogens with zero attached hydrogens (tertiary/aromatic N) is 1. The molecule has 80 valence electrons. The van der Waals surface area contributed by atoms with Crippen LogP contribution in [0.2, 0.25) is 0 Å². The van der Waals surface area contributed by atoms with Gasteiger partial charge < -0.3 is 11.5 Å². The molecule has 3 heteroatoms. The van der Waals surface area contributed by atoms with E-state index in [2.05, 4.69) is 23.3 Å². The third-order valence-electron chi connectivity index (χ3n) is 1.84. The molecule has 0 aliphatic carbocycles. The monoisotopic (exact) mass is 195 g/mol. The van der Waals surface area contributed by atoms with Crippen LogP contribution >= 0.6 is 0 Å². The lowest BCUT2D eigenvalue weighted by Gasteiger charge is -2.17. The molecule has 0 fully saturated rings. The first-order chi connectivity index (χ1) is 6.85. The van der Waals surface area contributed by atoms with Crippen molar-refractivity contribution in [2.75, 3.05) is 32.7 Å². The van der Waals surface area contributed by atoms with E-state index in [4.69, 9.17) is 11.5 Å².